The molecule has 0 aromatic carbocycles. The minimum atomic E-state index is 0.821. The quantitative estimate of drug-likeness (QED) is 0.860. The van der Waals surface area contributed by atoms with Crippen molar-refractivity contribution in [3.63, 3.8) is 0 Å². The van der Waals surface area contributed by atoms with E-state index in [1.807, 2.05) is 0 Å². The van der Waals surface area contributed by atoms with Crippen LogP contribution in [0.2, 0.25) is 0 Å². The van der Waals surface area contributed by atoms with E-state index in [1.54, 1.807) is 11.3 Å². The van der Waals surface area contributed by atoms with Gasteiger partial charge in [-0.15, -0.1) is 0 Å². The Morgan fingerprint density at radius 3 is 2.63 bits per heavy atom. The summed E-state index contributed by atoms with van der Waals surface area (Å²) in [6.45, 7) is 7.19. The highest BCUT2D eigenvalue weighted by atomic mass is 79.9. The summed E-state index contributed by atoms with van der Waals surface area (Å²) in [6, 6.07) is 0. The molecule has 3 nitrogen and oxygen atoms in total. The third-order valence-corrected chi connectivity index (χ3v) is 4.54. The predicted molar refractivity (Wildman–Crippen MR) is 85.9 cm³/mol. The molecule has 0 unspecified atom stereocenters. The van der Waals surface area contributed by atoms with E-state index >= 15 is 0 Å². The third-order valence-electron chi connectivity index (χ3n) is 2.85. The molecule has 2 heterocycles. The van der Waals surface area contributed by atoms with Crippen molar-refractivity contribution < 1.29 is 0 Å². The van der Waals surface area contributed by atoms with Crippen LogP contribution in [0.25, 0.3) is 11.4 Å². The average molecular weight is 340 g/mol. The van der Waals surface area contributed by atoms with E-state index < -0.39 is 0 Å². The van der Waals surface area contributed by atoms with Gasteiger partial charge in [-0.1, -0.05) is 13.3 Å². The van der Waals surface area contributed by atoms with Gasteiger partial charge in [0.05, 0.1) is 10.2 Å². The second-order valence-corrected chi connectivity index (χ2v) is 5.94. The zero-order chi connectivity index (χ0) is 13.8. The average Bonchev–Trinajstić information content (AvgIpc) is 2.81. The third kappa shape index (κ3) is 3.15. The van der Waals surface area contributed by atoms with Crippen molar-refractivity contribution in [2.45, 2.75) is 33.6 Å². The number of aromatic nitrogens is 2. The number of hydrogen-bond acceptors (Lipinski definition) is 4. The summed E-state index contributed by atoms with van der Waals surface area (Å²) >= 11 is 5.31. The number of nitrogens with zero attached hydrogens (tertiary/aromatic N) is 2. The lowest BCUT2D eigenvalue weighted by Crippen LogP contribution is -2.06. The summed E-state index contributed by atoms with van der Waals surface area (Å²) in [6.07, 6.45) is 2.03. The minimum absolute atomic E-state index is 0.821. The lowest BCUT2D eigenvalue weighted by molar-refractivity contribution is 0.867. The largest absolute Gasteiger partial charge is 0.369 e. The van der Waals surface area contributed by atoms with Gasteiger partial charge in [0.15, 0.2) is 5.82 Å². The number of thiophene rings is 1. The summed E-state index contributed by atoms with van der Waals surface area (Å²) in [5.41, 5.74) is 3.44. The summed E-state index contributed by atoms with van der Waals surface area (Å²) in [4.78, 5) is 9.36. The second kappa shape index (κ2) is 6.48. The first-order valence-electron chi connectivity index (χ1n) is 6.50. The number of halogens is 1. The first kappa shape index (κ1) is 14.5. The highest BCUT2D eigenvalue weighted by molar-refractivity contribution is 9.10. The molecule has 0 radical (unpaired) electrons. The van der Waals surface area contributed by atoms with Crippen LogP contribution in [-0.2, 0) is 6.42 Å². The normalized spacial score (nSPS) is 10.7. The maximum absolute atomic E-state index is 4.72. The van der Waals surface area contributed by atoms with Crippen molar-refractivity contribution in [2.75, 3.05) is 11.9 Å². The Labute approximate surface area is 126 Å². The van der Waals surface area contributed by atoms with Crippen LogP contribution in [0.4, 0.5) is 5.82 Å². The van der Waals surface area contributed by atoms with Crippen LogP contribution in [0.1, 0.15) is 31.5 Å². The van der Waals surface area contributed by atoms with E-state index in [4.69, 9.17) is 4.98 Å². The van der Waals surface area contributed by atoms with Crippen molar-refractivity contribution >= 4 is 33.1 Å². The zero-order valence-electron chi connectivity index (χ0n) is 11.5. The van der Waals surface area contributed by atoms with Gasteiger partial charge >= 0.3 is 0 Å². The van der Waals surface area contributed by atoms with E-state index in [1.165, 1.54) is 5.56 Å². The molecular formula is C14H18BrN3S. The second-order valence-electron chi connectivity index (χ2n) is 4.41. The number of anilines is 1. The van der Waals surface area contributed by atoms with E-state index in [2.05, 4.69) is 57.8 Å². The Kier molecular flexibility index (Phi) is 4.93. The van der Waals surface area contributed by atoms with Crippen LogP contribution in [0.5, 0.6) is 0 Å². The van der Waals surface area contributed by atoms with Gasteiger partial charge in [-0.2, -0.15) is 11.3 Å². The molecule has 2 aromatic rings. The summed E-state index contributed by atoms with van der Waals surface area (Å²) in [7, 11) is 0. The number of rotatable bonds is 5. The molecule has 0 atom stereocenters. The standard InChI is InChI=1S/C14H18BrN3S/c1-4-6-11-12(15)14(16-5-2)18-13(17-11)10-8-19-7-9(10)3/h7-8H,4-6H2,1-3H3,(H,16,17,18). The molecule has 0 spiro atoms. The summed E-state index contributed by atoms with van der Waals surface area (Å²) < 4.78 is 0.993. The fourth-order valence-electron chi connectivity index (χ4n) is 1.89. The number of nitrogens with one attached hydrogen (secondary N) is 1. The lowest BCUT2D eigenvalue weighted by atomic mass is 10.2. The van der Waals surface area contributed by atoms with Gasteiger partial charge in [0, 0.05) is 17.5 Å². The van der Waals surface area contributed by atoms with Crippen LogP contribution in [-0.4, -0.2) is 16.5 Å². The van der Waals surface area contributed by atoms with E-state index in [-0.39, 0.29) is 0 Å². The maximum atomic E-state index is 4.72. The molecule has 1 N–H and O–H groups in total. The van der Waals surface area contributed by atoms with Gasteiger partial charge in [0.25, 0.3) is 0 Å². The van der Waals surface area contributed by atoms with Gasteiger partial charge < -0.3 is 5.32 Å². The molecule has 0 aliphatic heterocycles. The highest BCUT2D eigenvalue weighted by Crippen LogP contribution is 2.30. The van der Waals surface area contributed by atoms with Crippen molar-refractivity contribution in [1.82, 2.24) is 9.97 Å². The molecule has 0 saturated heterocycles. The number of aryl methyl sites for hydroxylation is 2. The molecule has 5 heteroatoms. The molecule has 0 aliphatic rings. The van der Waals surface area contributed by atoms with Gasteiger partial charge in [-0.25, -0.2) is 9.97 Å². The highest BCUT2D eigenvalue weighted by Gasteiger charge is 2.14. The molecular weight excluding hydrogens is 322 g/mol. The zero-order valence-corrected chi connectivity index (χ0v) is 13.9. The molecule has 2 rings (SSSR count). The maximum Gasteiger partial charge on any atom is 0.162 e. The Morgan fingerprint density at radius 1 is 1.26 bits per heavy atom. The Morgan fingerprint density at radius 2 is 2.05 bits per heavy atom. The first-order valence-corrected chi connectivity index (χ1v) is 8.24. The van der Waals surface area contributed by atoms with Gasteiger partial charge in [0.1, 0.15) is 5.82 Å². The summed E-state index contributed by atoms with van der Waals surface area (Å²) in [5.74, 6) is 1.71. The minimum Gasteiger partial charge on any atom is -0.369 e. The number of hydrogen-bond donors (Lipinski definition) is 1. The Bertz CT molecular complexity index is 539. The Hall–Kier alpha value is -0.940. The molecule has 2 aromatic heterocycles. The molecule has 0 amide bonds. The molecule has 0 saturated carbocycles. The van der Waals surface area contributed by atoms with Crippen molar-refractivity contribution in [2.24, 2.45) is 0 Å². The van der Waals surface area contributed by atoms with Crippen LogP contribution in [0, 0.1) is 6.92 Å². The topological polar surface area (TPSA) is 37.8 Å². The SMILES string of the molecule is CCCc1nc(-c2cscc2C)nc(NCC)c1Br. The monoisotopic (exact) mass is 339 g/mol. The molecule has 0 fully saturated rings. The molecule has 0 bridgehead atoms. The molecule has 102 valence electrons. The molecule has 0 aliphatic carbocycles. The predicted octanol–water partition coefficient (Wildman–Crippen LogP) is 4.66. The van der Waals surface area contributed by atoms with E-state index in [0.29, 0.717) is 0 Å². The fraction of sp³-hybridized carbons (Fsp3) is 0.429. The van der Waals surface area contributed by atoms with E-state index in [9.17, 15) is 0 Å². The summed E-state index contributed by atoms with van der Waals surface area (Å²) in [5, 5.41) is 7.55. The van der Waals surface area contributed by atoms with Crippen LogP contribution in [0.15, 0.2) is 15.2 Å². The van der Waals surface area contributed by atoms with Crippen LogP contribution < -0.4 is 5.32 Å². The lowest BCUT2D eigenvalue weighted by Gasteiger charge is -2.11. The van der Waals surface area contributed by atoms with Gasteiger partial charge in [-0.05, 0) is 47.1 Å². The van der Waals surface area contributed by atoms with Crippen LogP contribution >= 0.6 is 27.3 Å². The van der Waals surface area contributed by atoms with Crippen molar-refractivity contribution in [1.29, 1.82) is 0 Å². The van der Waals surface area contributed by atoms with Crippen LogP contribution in [0.3, 0.4) is 0 Å². The Balaban J connectivity index is 2.52. The van der Waals surface area contributed by atoms with Crippen molar-refractivity contribution in [3.8, 4) is 11.4 Å². The van der Waals surface area contributed by atoms with E-state index in [0.717, 1.165) is 46.8 Å². The molecule has 19 heavy (non-hydrogen) atoms. The van der Waals surface area contributed by atoms with Crippen molar-refractivity contribution in [3.05, 3.63) is 26.5 Å². The van der Waals surface area contributed by atoms with Gasteiger partial charge in [0.2, 0.25) is 0 Å². The first-order chi connectivity index (χ1) is 9.17. The fourth-order valence-corrected chi connectivity index (χ4v) is 3.23. The smallest absolute Gasteiger partial charge is 0.162 e. The van der Waals surface area contributed by atoms with Gasteiger partial charge in [-0.3, -0.25) is 0 Å².